The van der Waals surface area contributed by atoms with E-state index in [1.165, 1.54) is 0 Å². The summed E-state index contributed by atoms with van der Waals surface area (Å²) < 4.78 is 0. The van der Waals surface area contributed by atoms with Gasteiger partial charge in [0.1, 0.15) is 0 Å². The van der Waals surface area contributed by atoms with E-state index in [-0.39, 0.29) is 6.03 Å². The van der Waals surface area contributed by atoms with E-state index in [4.69, 9.17) is 0 Å². The van der Waals surface area contributed by atoms with Crippen molar-refractivity contribution in [3.63, 3.8) is 0 Å². The molecule has 0 radical (unpaired) electrons. The zero-order valence-electron chi connectivity index (χ0n) is 13.0. The van der Waals surface area contributed by atoms with Crippen molar-refractivity contribution < 1.29 is 9.90 Å². The summed E-state index contributed by atoms with van der Waals surface area (Å²) >= 11 is 0. The number of nitrogens with one attached hydrogen (secondary N) is 1. The number of nitrogens with zero attached hydrogens (tertiary/aromatic N) is 2. The van der Waals surface area contributed by atoms with Crippen LogP contribution in [0.25, 0.3) is 0 Å². The molecule has 0 fully saturated rings. The van der Waals surface area contributed by atoms with Crippen LogP contribution in [0.5, 0.6) is 0 Å². The van der Waals surface area contributed by atoms with Crippen molar-refractivity contribution in [3.8, 4) is 0 Å². The molecule has 0 aromatic heterocycles. The topological polar surface area (TPSA) is 55.8 Å². The summed E-state index contributed by atoms with van der Waals surface area (Å²) in [7, 11) is 1.79. The van der Waals surface area contributed by atoms with Crippen LogP contribution in [-0.4, -0.2) is 48.8 Å². The Bertz CT molecular complexity index is 490. The fourth-order valence-corrected chi connectivity index (χ4v) is 2.53. The van der Waals surface area contributed by atoms with Crippen molar-refractivity contribution in [3.05, 3.63) is 29.8 Å². The van der Waals surface area contributed by atoms with Gasteiger partial charge in [-0.05, 0) is 24.1 Å². The van der Waals surface area contributed by atoms with Gasteiger partial charge in [0.25, 0.3) is 0 Å². The number of aliphatic hydroxyl groups excluding tert-OH is 1. The maximum atomic E-state index is 12.3. The predicted octanol–water partition coefficient (Wildman–Crippen LogP) is 1.66. The van der Waals surface area contributed by atoms with Gasteiger partial charge in [-0.15, -0.1) is 0 Å². The van der Waals surface area contributed by atoms with E-state index < -0.39 is 6.10 Å². The zero-order chi connectivity index (χ0) is 15.4. The van der Waals surface area contributed by atoms with E-state index in [0.29, 0.717) is 25.6 Å². The molecule has 5 heteroatoms. The van der Waals surface area contributed by atoms with Crippen molar-refractivity contribution in [1.29, 1.82) is 0 Å². The van der Waals surface area contributed by atoms with Gasteiger partial charge in [0.15, 0.2) is 0 Å². The van der Waals surface area contributed by atoms with Gasteiger partial charge in [0.05, 0.1) is 18.3 Å². The first-order valence-corrected chi connectivity index (χ1v) is 7.48. The number of urea groups is 1. The number of rotatable bonds is 6. The van der Waals surface area contributed by atoms with Crippen molar-refractivity contribution in [2.24, 2.45) is 5.92 Å². The first-order chi connectivity index (χ1) is 9.99. The molecule has 2 N–H and O–H groups in total. The molecule has 1 heterocycles. The van der Waals surface area contributed by atoms with Gasteiger partial charge in [-0.25, -0.2) is 4.79 Å². The second kappa shape index (κ2) is 6.91. The molecule has 0 aliphatic carbocycles. The highest BCUT2D eigenvalue weighted by Gasteiger charge is 2.28. The van der Waals surface area contributed by atoms with Crippen LogP contribution in [0.15, 0.2) is 24.3 Å². The van der Waals surface area contributed by atoms with Crippen LogP contribution in [-0.2, 0) is 6.54 Å². The Hall–Kier alpha value is -1.59. The molecule has 21 heavy (non-hydrogen) atoms. The fraction of sp³-hybridized carbons (Fsp3) is 0.562. The van der Waals surface area contributed by atoms with Crippen molar-refractivity contribution in [1.82, 2.24) is 10.2 Å². The molecule has 0 saturated heterocycles. The van der Waals surface area contributed by atoms with Crippen LogP contribution in [0, 0.1) is 5.92 Å². The van der Waals surface area contributed by atoms with Crippen LogP contribution in [0.1, 0.15) is 19.4 Å². The molecule has 1 atom stereocenters. The number of anilines is 1. The van der Waals surface area contributed by atoms with Gasteiger partial charge >= 0.3 is 6.03 Å². The quantitative estimate of drug-likeness (QED) is 0.838. The average Bonchev–Trinajstić information content (AvgIpc) is 2.43. The van der Waals surface area contributed by atoms with Gasteiger partial charge < -0.3 is 15.3 Å². The number of aliphatic hydroxyl groups is 1. The third-order valence-electron chi connectivity index (χ3n) is 3.57. The highest BCUT2D eigenvalue weighted by atomic mass is 16.3. The SMILES string of the molecule is CC(C)CNCC(O)CN1C(=O)N(C)Cc2ccccc21. The van der Waals surface area contributed by atoms with Gasteiger partial charge in [-0.3, -0.25) is 4.90 Å². The lowest BCUT2D eigenvalue weighted by Crippen LogP contribution is -2.49. The van der Waals surface area contributed by atoms with Crippen LogP contribution in [0.2, 0.25) is 0 Å². The molecule has 1 aliphatic rings. The number of carbonyl (C=O) groups excluding carboxylic acids is 1. The monoisotopic (exact) mass is 291 g/mol. The molecule has 0 saturated carbocycles. The Balaban J connectivity index is 2.02. The van der Waals surface area contributed by atoms with Gasteiger partial charge in [-0.2, -0.15) is 0 Å². The lowest BCUT2D eigenvalue weighted by molar-refractivity contribution is 0.167. The number of para-hydroxylation sites is 1. The number of hydrogen-bond donors (Lipinski definition) is 2. The standard InChI is InChI=1S/C16H25N3O2/c1-12(2)8-17-9-14(20)11-19-15-7-5-4-6-13(15)10-18(3)16(19)21/h4-7,12,14,17,20H,8-11H2,1-3H3. The Morgan fingerprint density at radius 2 is 2.00 bits per heavy atom. The first-order valence-electron chi connectivity index (χ1n) is 7.48. The largest absolute Gasteiger partial charge is 0.390 e. The van der Waals surface area contributed by atoms with E-state index in [1.54, 1.807) is 16.8 Å². The maximum Gasteiger partial charge on any atom is 0.324 e. The second-order valence-electron chi connectivity index (χ2n) is 6.08. The fourth-order valence-electron chi connectivity index (χ4n) is 2.53. The number of fused-ring (bicyclic) bond motifs is 1. The van der Waals surface area contributed by atoms with Gasteiger partial charge in [-0.1, -0.05) is 32.0 Å². The van der Waals surface area contributed by atoms with E-state index >= 15 is 0 Å². The minimum absolute atomic E-state index is 0.0587. The molecule has 2 rings (SSSR count). The summed E-state index contributed by atoms with van der Waals surface area (Å²) in [6.07, 6.45) is -0.577. The molecule has 5 nitrogen and oxygen atoms in total. The molecule has 1 aliphatic heterocycles. The minimum atomic E-state index is -0.577. The molecule has 2 amide bonds. The molecule has 116 valence electrons. The van der Waals surface area contributed by atoms with Crippen LogP contribution >= 0.6 is 0 Å². The first kappa shape index (κ1) is 15.8. The number of amides is 2. The average molecular weight is 291 g/mol. The summed E-state index contributed by atoms with van der Waals surface area (Å²) in [5, 5.41) is 13.4. The van der Waals surface area contributed by atoms with E-state index in [0.717, 1.165) is 17.8 Å². The molecule has 0 spiro atoms. The highest BCUT2D eigenvalue weighted by Crippen LogP contribution is 2.27. The molecular weight excluding hydrogens is 266 g/mol. The number of carbonyl (C=O) groups is 1. The molecular formula is C16H25N3O2. The lowest BCUT2D eigenvalue weighted by atomic mass is 10.1. The second-order valence-corrected chi connectivity index (χ2v) is 6.08. The number of β-amino-alcohol motifs (C(OH)–C–C–N with tert-alkyl or cyclic N) is 1. The smallest absolute Gasteiger partial charge is 0.324 e. The third-order valence-corrected chi connectivity index (χ3v) is 3.57. The van der Waals surface area contributed by atoms with Crippen LogP contribution < -0.4 is 10.2 Å². The van der Waals surface area contributed by atoms with Gasteiger partial charge in [0, 0.05) is 20.1 Å². The van der Waals surface area contributed by atoms with Crippen molar-refractivity contribution in [2.45, 2.75) is 26.5 Å². The third kappa shape index (κ3) is 3.95. The highest BCUT2D eigenvalue weighted by molar-refractivity contribution is 5.94. The Kier molecular flexibility index (Phi) is 5.20. The molecule has 1 aromatic rings. The zero-order valence-corrected chi connectivity index (χ0v) is 13.0. The summed E-state index contributed by atoms with van der Waals surface area (Å²) in [6.45, 7) is 6.53. The number of hydrogen-bond acceptors (Lipinski definition) is 3. The molecule has 1 unspecified atom stereocenters. The Morgan fingerprint density at radius 3 is 2.71 bits per heavy atom. The van der Waals surface area contributed by atoms with Crippen molar-refractivity contribution >= 4 is 11.7 Å². The normalized spacial score (nSPS) is 16.3. The van der Waals surface area contributed by atoms with Gasteiger partial charge in [0.2, 0.25) is 0 Å². The van der Waals surface area contributed by atoms with Crippen LogP contribution in [0.3, 0.4) is 0 Å². The maximum absolute atomic E-state index is 12.3. The van der Waals surface area contributed by atoms with E-state index in [9.17, 15) is 9.90 Å². The molecule has 1 aromatic carbocycles. The van der Waals surface area contributed by atoms with Crippen molar-refractivity contribution in [2.75, 3.05) is 31.6 Å². The summed E-state index contributed by atoms with van der Waals surface area (Å²) in [4.78, 5) is 15.7. The summed E-state index contributed by atoms with van der Waals surface area (Å²) in [6, 6.07) is 7.80. The van der Waals surface area contributed by atoms with E-state index in [1.807, 2.05) is 24.3 Å². The predicted molar refractivity (Wildman–Crippen MR) is 84.4 cm³/mol. The lowest BCUT2D eigenvalue weighted by Gasteiger charge is -2.36. The van der Waals surface area contributed by atoms with Crippen LogP contribution in [0.4, 0.5) is 10.5 Å². The Labute approximate surface area is 126 Å². The number of benzene rings is 1. The molecule has 0 bridgehead atoms. The minimum Gasteiger partial charge on any atom is -0.390 e. The van der Waals surface area contributed by atoms with E-state index in [2.05, 4.69) is 19.2 Å². The summed E-state index contributed by atoms with van der Waals surface area (Å²) in [5.41, 5.74) is 2.02. The Morgan fingerprint density at radius 1 is 1.29 bits per heavy atom. The summed E-state index contributed by atoms with van der Waals surface area (Å²) in [5.74, 6) is 0.542.